The molecule has 0 heterocycles. The number of anilines is 2. The molecule has 1 aromatic carbocycles. The van der Waals surface area contributed by atoms with E-state index in [1.807, 2.05) is 0 Å². The molecule has 2 rings (SSSR count). The summed E-state index contributed by atoms with van der Waals surface area (Å²) in [5.41, 5.74) is 9.35. The van der Waals surface area contributed by atoms with Crippen LogP contribution < -0.4 is 10.6 Å². The lowest BCUT2D eigenvalue weighted by atomic mass is 9.91. The van der Waals surface area contributed by atoms with Crippen molar-refractivity contribution in [3.63, 3.8) is 0 Å². The van der Waals surface area contributed by atoms with Crippen molar-refractivity contribution < 1.29 is 0 Å². The molecular formula is C12H18N2. The average molecular weight is 190 g/mol. The molecule has 1 saturated carbocycles. The molecule has 1 aromatic rings. The van der Waals surface area contributed by atoms with Gasteiger partial charge >= 0.3 is 0 Å². The lowest BCUT2D eigenvalue weighted by Gasteiger charge is -2.37. The zero-order chi connectivity index (χ0) is 10.1. The third-order valence-corrected chi connectivity index (χ3v) is 3.30. The molecule has 1 fully saturated rings. The van der Waals surface area contributed by atoms with Gasteiger partial charge in [-0.15, -0.1) is 0 Å². The molecule has 2 heteroatoms. The summed E-state index contributed by atoms with van der Waals surface area (Å²) in [6.07, 6.45) is 3.98. The minimum absolute atomic E-state index is 0.707. The number of aryl methyl sites for hydroxylation is 1. The summed E-state index contributed by atoms with van der Waals surface area (Å²) in [4.78, 5) is 2.33. The number of rotatable bonds is 2. The summed E-state index contributed by atoms with van der Waals surface area (Å²) in [5.74, 6) is 0. The Morgan fingerprint density at radius 2 is 2.07 bits per heavy atom. The minimum Gasteiger partial charge on any atom is -0.397 e. The number of nitrogens with two attached hydrogens (primary N) is 1. The van der Waals surface area contributed by atoms with Gasteiger partial charge in [0.1, 0.15) is 0 Å². The topological polar surface area (TPSA) is 29.3 Å². The summed E-state index contributed by atoms with van der Waals surface area (Å²) in [6.45, 7) is 2.06. The predicted octanol–water partition coefficient (Wildman–Crippen LogP) is 2.57. The molecule has 1 aliphatic carbocycles. The quantitative estimate of drug-likeness (QED) is 0.726. The lowest BCUT2D eigenvalue weighted by molar-refractivity contribution is 0.401. The molecule has 14 heavy (non-hydrogen) atoms. The zero-order valence-corrected chi connectivity index (χ0v) is 8.96. The van der Waals surface area contributed by atoms with Gasteiger partial charge in [-0.2, -0.15) is 0 Å². The first-order valence-corrected chi connectivity index (χ1v) is 5.28. The third-order valence-electron chi connectivity index (χ3n) is 3.30. The van der Waals surface area contributed by atoms with Crippen molar-refractivity contribution in [2.45, 2.75) is 32.2 Å². The average Bonchev–Trinajstić information content (AvgIpc) is 2.06. The Morgan fingerprint density at radius 1 is 1.36 bits per heavy atom. The molecule has 2 nitrogen and oxygen atoms in total. The van der Waals surface area contributed by atoms with E-state index in [0.717, 1.165) is 5.69 Å². The van der Waals surface area contributed by atoms with Crippen LogP contribution in [-0.4, -0.2) is 13.1 Å². The van der Waals surface area contributed by atoms with Gasteiger partial charge in [0.2, 0.25) is 0 Å². The van der Waals surface area contributed by atoms with Crippen LogP contribution >= 0.6 is 0 Å². The van der Waals surface area contributed by atoms with Gasteiger partial charge in [-0.1, -0.05) is 12.1 Å². The predicted molar refractivity (Wildman–Crippen MR) is 61.6 cm³/mol. The summed E-state index contributed by atoms with van der Waals surface area (Å²) in [7, 11) is 2.15. The van der Waals surface area contributed by atoms with Crippen LogP contribution in [0.25, 0.3) is 0 Å². The summed E-state index contributed by atoms with van der Waals surface area (Å²) < 4.78 is 0. The smallest absolute Gasteiger partial charge is 0.0602 e. The maximum atomic E-state index is 6.06. The Hall–Kier alpha value is -1.18. The maximum absolute atomic E-state index is 6.06. The van der Waals surface area contributed by atoms with Crippen molar-refractivity contribution >= 4 is 11.4 Å². The molecule has 0 aliphatic heterocycles. The molecule has 0 spiro atoms. The number of hydrogen-bond acceptors (Lipinski definition) is 2. The SMILES string of the molecule is Cc1cccc(N(C)C2CCC2)c1N. The van der Waals surface area contributed by atoms with E-state index >= 15 is 0 Å². The van der Waals surface area contributed by atoms with Crippen molar-refractivity contribution in [1.82, 2.24) is 0 Å². The van der Waals surface area contributed by atoms with Gasteiger partial charge in [-0.3, -0.25) is 0 Å². The second kappa shape index (κ2) is 3.52. The van der Waals surface area contributed by atoms with Crippen molar-refractivity contribution in [3.05, 3.63) is 23.8 Å². The van der Waals surface area contributed by atoms with Gasteiger partial charge in [0.15, 0.2) is 0 Å². The van der Waals surface area contributed by atoms with Crippen molar-refractivity contribution in [2.75, 3.05) is 17.7 Å². The molecule has 1 aliphatic rings. The highest BCUT2D eigenvalue weighted by Crippen LogP contribution is 2.32. The highest BCUT2D eigenvalue weighted by molar-refractivity contribution is 5.71. The second-order valence-corrected chi connectivity index (χ2v) is 4.20. The molecular weight excluding hydrogens is 172 g/mol. The number of benzene rings is 1. The van der Waals surface area contributed by atoms with E-state index in [1.54, 1.807) is 0 Å². The van der Waals surface area contributed by atoms with Crippen LogP contribution in [0.3, 0.4) is 0 Å². The van der Waals surface area contributed by atoms with E-state index in [9.17, 15) is 0 Å². The fourth-order valence-corrected chi connectivity index (χ4v) is 1.94. The Morgan fingerprint density at radius 3 is 2.64 bits per heavy atom. The highest BCUT2D eigenvalue weighted by atomic mass is 15.1. The van der Waals surface area contributed by atoms with E-state index in [-0.39, 0.29) is 0 Å². The van der Waals surface area contributed by atoms with Crippen LogP contribution in [0.15, 0.2) is 18.2 Å². The first kappa shape index (κ1) is 9.38. The molecule has 0 aromatic heterocycles. The molecule has 0 atom stereocenters. The fraction of sp³-hybridized carbons (Fsp3) is 0.500. The summed E-state index contributed by atoms with van der Waals surface area (Å²) >= 11 is 0. The monoisotopic (exact) mass is 190 g/mol. The van der Waals surface area contributed by atoms with E-state index in [2.05, 4.69) is 37.1 Å². The fourth-order valence-electron chi connectivity index (χ4n) is 1.94. The lowest BCUT2D eigenvalue weighted by Crippen LogP contribution is -2.37. The molecule has 0 unspecified atom stereocenters. The van der Waals surface area contributed by atoms with Gasteiger partial charge in [0.05, 0.1) is 11.4 Å². The Bertz CT molecular complexity index is 329. The molecule has 0 radical (unpaired) electrons. The van der Waals surface area contributed by atoms with Crippen LogP contribution in [0.5, 0.6) is 0 Å². The maximum Gasteiger partial charge on any atom is 0.0602 e. The summed E-state index contributed by atoms with van der Waals surface area (Å²) in [6, 6.07) is 6.96. The van der Waals surface area contributed by atoms with Crippen LogP contribution in [0.2, 0.25) is 0 Å². The van der Waals surface area contributed by atoms with E-state index in [1.165, 1.54) is 30.5 Å². The highest BCUT2D eigenvalue weighted by Gasteiger charge is 2.23. The molecule has 76 valence electrons. The van der Waals surface area contributed by atoms with Crippen LogP contribution in [-0.2, 0) is 0 Å². The van der Waals surface area contributed by atoms with E-state index in [4.69, 9.17) is 5.73 Å². The Labute approximate surface area is 85.7 Å². The molecule has 0 bridgehead atoms. The molecule has 2 N–H and O–H groups in total. The number of para-hydroxylation sites is 1. The van der Waals surface area contributed by atoms with Gasteiger partial charge in [-0.25, -0.2) is 0 Å². The van der Waals surface area contributed by atoms with Gasteiger partial charge in [0, 0.05) is 13.1 Å². The number of nitrogen functional groups attached to an aromatic ring is 1. The second-order valence-electron chi connectivity index (χ2n) is 4.20. The first-order chi connectivity index (χ1) is 6.70. The van der Waals surface area contributed by atoms with Crippen LogP contribution in [0, 0.1) is 6.92 Å². The van der Waals surface area contributed by atoms with Gasteiger partial charge < -0.3 is 10.6 Å². The normalized spacial score (nSPS) is 16.4. The largest absolute Gasteiger partial charge is 0.397 e. The van der Waals surface area contributed by atoms with Crippen molar-refractivity contribution in [2.24, 2.45) is 0 Å². The van der Waals surface area contributed by atoms with Crippen LogP contribution in [0.1, 0.15) is 24.8 Å². The molecule has 0 saturated heterocycles. The van der Waals surface area contributed by atoms with Crippen molar-refractivity contribution in [3.8, 4) is 0 Å². The minimum atomic E-state index is 0.707. The number of hydrogen-bond donors (Lipinski definition) is 1. The zero-order valence-electron chi connectivity index (χ0n) is 8.96. The van der Waals surface area contributed by atoms with Crippen molar-refractivity contribution in [1.29, 1.82) is 0 Å². The van der Waals surface area contributed by atoms with Gasteiger partial charge in [0.25, 0.3) is 0 Å². The number of nitrogens with zero attached hydrogens (tertiary/aromatic N) is 1. The third kappa shape index (κ3) is 1.45. The van der Waals surface area contributed by atoms with E-state index < -0.39 is 0 Å². The van der Waals surface area contributed by atoms with E-state index in [0.29, 0.717) is 6.04 Å². The van der Waals surface area contributed by atoms with Gasteiger partial charge in [-0.05, 0) is 37.8 Å². The summed E-state index contributed by atoms with van der Waals surface area (Å²) in [5, 5.41) is 0. The Kier molecular flexibility index (Phi) is 2.36. The standard InChI is InChI=1S/C12H18N2/c1-9-5-3-8-11(12(9)13)14(2)10-6-4-7-10/h3,5,8,10H,4,6-7,13H2,1-2H3. The van der Waals surface area contributed by atoms with Crippen LogP contribution in [0.4, 0.5) is 11.4 Å². The Balaban J connectivity index is 2.26. The first-order valence-electron chi connectivity index (χ1n) is 5.28. The molecule has 0 amide bonds.